The molecule has 0 atom stereocenters. The van der Waals surface area contributed by atoms with Crippen molar-refractivity contribution in [2.75, 3.05) is 5.32 Å². The predicted molar refractivity (Wildman–Crippen MR) is 90.1 cm³/mol. The van der Waals surface area contributed by atoms with Crippen molar-refractivity contribution in [2.45, 2.75) is 6.92 Å². The predicted octanol–water partition coefficient (Wildman–Crippen LogP) is 2.84. The van der Waals surface area contributed by atoms with E-state index in [0.29, 0.717) is 33.7 Å². The van der Waals surface area contributed by atoms with E-state index in [1.165, 1.54) is 16.9 Å². The van der Waals surface area contributed by atoms with Crippen LogP contribution in [0.25, 0.3) is 16.7 Å². The summed E-state index contributed by atoms with van der Waals surface area (Å²) in [4.78, 5) is 12.5. The minimum absolute atomic E-state index is 0.305. The lowest BCUT2D eigenvalue weighted by Crippen LogP contribution is -2.12. The summed E-state index contributed by atoms with van der Waals surface area (Å²) in [5.41, 5.74) is 3.19. The Morgan fingerprint density at radius 3 is 2.80 bits per heavy atom. The average molecular weight is 336 g/mol. The number of para-hydroxylation sites is 1. The molecular weight excluding hydrogens is 323 g/mol. The minimum Gasteiger partial charge on any atom is -0.319 e. The smallest absolute Gasteiger partial charge is 0.255 e. The highest BCUT2D eigenvalue weighted by Crippen LogP contribution is 2.21. The van der Waals surface area contributed by atoms with Crippen LogP contribution in [0.5, 0.6) is 0 Å². The molecule has 2 N–H and O–H groups in total. The number of rotatable bonds is 3. The van der Waals surface area contributed by atoms with Crippen molar-refractivity contribution in [3.05, 3.63) is 65.7 Å². The summed E-state index contributed by atoms with van der Waals surface area (Å²) in [5, 5.41) is 17.4. The van der Waals surface area contributed by atoms with Crippen LogP contribution in [0.4, 0.5) is 10.1 Å². The van der Waals surface area contributed by atoms with Crippen LogP contribution < -0.4 is 5.32 Å². The molecule has 4 aromatic rings. The van der Waals surface area contributed by atoms with E-state index < -0.39 is 0 Å². The molecule has 0 unspecified atom stereocenters. The second-order valence-corrected chi connectivity index (χ2v) is 5.49. The second-order valence-electron chi connectivity index (χ2n) is 5.49. The summed E-state index contributed by atoms with van der Waals surface area (Å²) < 4.78 is 15.4. The van der Waals surface area contributed by atoms with Crippen LogP contribution in [0.1, 0.15) is 16.1 Å². The van der Waals surface area contributed by atoms with Crippen molar-refractivity contribution in [2.24, 2.45) is 0 Å². The Hall–Kier alpha value is -3.55. The molecule has 4 rings (SSSR count). The maximum absolute atomic E-state index is 13.9. The van der Waals surface area contributed by atoms with Crippen molar-refractivity contribution in [1.29, 1.82) is 0 Å². The van der Waals surface area contributed by atoms with Crippen LogP contribution in [0, 0.1) is 12.7 Å². The standard InChI is InChI=1S/C17H13FN6O/c1-10-15(9-19-24(10)16-5-3-2-4-12(16)18)20-17(25)11-6-7-13-14(8-11)22-23-21-13/h2-9H,1H3,(H,20,25)(H,21,22,23). The van der Waals surface area contributed by atoms with Gasteiger partial charge < -0.3 is 5.32 Å². The maximum Gasteiger partial charge on any atom is 0.255 e. The fourth-order valence-electron chi connectivity index (χ4n) is 2.57. The van der Waals surface area contributed by atoms with E-state index in [-0.39, 0.29) is 11.7 Å². The van der Waals surface area contributed by atoms with E-state index in [1.807, 2.05) is 0 Å². The number of carbonyl (C=O) groups excluding carboxylic acids is 1. The Bertz CT molecular complexity index is 1080. The number of hydrogen-bond acceptors (Lipinski definition) is 4. The molecule has 0 saturated heterocycles. The Morgan fingerprint density at radius 1 is 1.16 bits per heavy atom. The van der Waals surface area contributed by atoms with Gasteiger partial charge in [-0.3, -0.25) is 4.79 Å². The summed E-state index contributed by atoms with van der Waals surface area (Å²) >= 11 is 0. The molecule has 1 amide bonds. The number of fused-ring (bicyclic) bond motifs is 1. The third kappa shape index (κ3) is 2.63. The average Bonchev–Trinajstić information content (AvgIpc) is 3.22. The molecule has 7 nitrogen and oxygen atoms in total. The second kappa shape index (κ2) is 5.82. The zero-order valence-electron chi connectivity index (χ0n) is 13.2. The number of aromatic amines is 1. The SMILES string of the molecule is Cc1c(NC(=O)c2ccc3n[nH]nc3c2)cnn1-c1ccccc1F. The van der Waals surface area contributed by atoms with Gasteiger partial charge in [0.25, 0.3) is 5.91 Å². The molecule has 0 aliphatic rings. The third-order valence-electron chi connectivity index (χ3n) is 3.92. The first-order valence-electron chi connectivity index (χ1n) is 7.55. The van der Waals surface area contributed by atoms with Gasteiger partial charge in [-0.2, -0.15) is 20.5 Å². The van der Waals surface area contributed by atoms with Gasteiger partial charge in [-0.1, -0.05) is 12.1 Å². The maximum atomic E-state index is 13.9. The molecule has 0 radical (unpaired) electrons. The fourth-order valence-corrected chi connectivity index (χ4v) is 2.57. The van der Waals surface area contributed by atoms with Gasteiger partial charge in [-0.25, -0.2) is 9.07 Å². The molecule has 8 heteroatoms. The number of hydrogen-bond donors (Lipinski definition) is 2. The van der Waals surface area contributed by atoms with Gasteiger partial charge in [0.1, 0.15) is 22.5 Å². The lowest BCUT2D eigenvalue weighted by Gasteiger charge is -2.07. The number of aromatic nitrogens is 5. The Labute approximate surface area is 141 Å². The van der Waals surface area contributed by atoms with Gasteiger partial charge in [-0.05, 0) is 37.3 Å². The Morgan fingerprint density at radius 2 is 1.96 bits per heavy atom. The summed E-state index contributed by atoms with van der Waals surface area (Å²) in [6.07, 6.45) is 1.49. The Kier molecular flexibility index (Phi) is 3.50. The number of anilines is 1. The van der Waals surface area contributed by atoms with E-state index in [0.717, 1.165) is 0 Å². The van der Waals surface area contributed by atoms with E-state index in [9.17, 15) is 9.18 Å². The van der Waals surface area contributed by atoms with E-state index in [4.69, 9.17) is 0 Å². The van der Waals surface area contributed by atoms with E-state index in [1.54, 1.807) is 43.3 Å². The van der Waals surface area contributed by atoms with Gasteiger partial charge in [0.2, 0.25) is 0 Å². The van der Waals surface area contributed by atoms with Gasteiger partial charge in [0, 0.05) is 5.56 Å². The summed E-state index contributed by atoms with van der Waals surface area (Å²) in [5.74, 6) is -0.691. The van der Waals surface area contributed by atoms with Crippen LogP contribution >= 0.6 is 0 Å². The molecular formula is C17H13FN6O. The lowest BCUT2D eigenvalue weighted by atomic mass is 10.2. The first kappa shape index (κ1) is 15.0. The number of nitrogens with zero attached hydrogens (tertiary/aromatic N) is 4. The van der Waals surface area contributed by atoms with Crippen LogP contribution in [-0.2, 0) is 0 Å². The molecule has 2 aromatic heterocycles. The first-order valence-corrected chi connectivity index (χ1v) is 7.55. The van der Waals surface area contributed by atoms with Crippen LogP contribution in [-0.4, -0.2) is 31.1 Å². The number of carbonyl (C=O) groups is 1. The molecule has 124 valence electrons. The minimum atomic E-state index is -0.386. The number of benzene rings is 2. The quantitative estimate of drug-likeness (QED) is 0.602. The molecule has 0 bridgehead atoms. The summed E-state index contributed by atoms with van der Waals surface area (Å²) in [6, 6.07) is 11.3. The van der Waals surface area contributed by atoms with Crippen molar-refractivity contribution < 1.29 is 9.18 Å². The van der Waals surface area contributed by atoms with Crippen LogP contribution in [0.2, 0.25) is 0 Å². The highest BCUT2D eigenvalue weighted by atomic mass is 19.1. The van der Waals surface area contributed by atoms with Gasteiger partial charge in [0.05, 0.1) is 17.6 Å². The zero-order chi connectivity index (χ0) is 17.4. The first-order chi connectivity index (χ1) is 12.1. The highest BCUT2D eigenvalue weighted by Gasteiger charge is 2.15. The zero-order valence-corrected chi connectivity index (χ0v) is 13.2. The number of nitrogens with one attached hydrogen (secondary N) is 2. The van der Waals surface area contributed by atoms with E-state index >= 15 is 0 Å². The van der Waals surface area contributed by atoms with E-state index in [2.05, 4.69) is 25.8 Å². The molecule has 2 heterocycles. The Balaban J connectivity index is 1.63. The van der Waals surface area contributed by atoms with Crippen LogP contribution in [0.15, 0.2) is 48.7 Å². The molecule has 0 aliphatic carbocycles. The molecule has 0 aliphatic heterocycles. The third-order valence-corrected chi connectivity index (χ3v) is 3.92. The largest absolute Gasteiger partial charge is 0.319 e. The molecule has 0 spiro atoms. The van der Waals surface area contributed by atoms with Gasteiger partial charge >= 0.3 is 0 Å². The molecule has 2 aromatic carbocycles. The normalized spacial score (nSPS) is 11.0. The number of halogens is 1. The molecule has 25 heavy (non-hydrogen) atoms. The number of amides is 1. The summed E-state index contributed by atoms with van der Waals surface area (Å²) in [7, 11) is 0. The van der Waals surface area contributed by atoms with Crippen LogP contribution in [0.3, 0.4) is 0 Å². The monoisotopic (exact) mass is 336 g/mol. The van der Waals surface area contributed by atoms with Crippen molar-refractivity contribution in [3.8, 4) is 5.69 Å². The molecule has 0 saturated carbocycles. The van der Waals surface area contributed by atoms with Gasteiger partial charge in [-0.15, -0.1) is 0 Å². The molecule has 0 fully saturated rings. The van der Waals surface area contributed by atoms with Crippen molar-refractivity contribution in [3.63, 3.8) is 0 Å². The summed E-state index contributed by atoms with van der Waals surface area (Å²) in [6.45, 7) is 1.76. The van der Waals surface area contributed by atoms with Crippen molar-refractivity contribution in [1.82, 2.24) is 25.2 Å². The highest BCUT2D eigenvalue weighted by molar-refractivity contribution is 6.06. The topological polar surface area (TPSA) is 88.5 Å². The lowest BCUT2D eigenvalue weighted by molar-refractivity contribution is 0.102. The fraction of sp³-hybridized carbons (Fsp3) is 0.0588. The van der Waals surface area contributed by atoms with Crippen molar-refractivity contribution >= 4 is 22.6 Å². The van der Waals surface area contributed by atoms with Gasteiger partial charge in [0.15, 0.2) is 0 Å². The number of H-pyrrole nitrogens is 1.